The van der Waals surface area contributed by atoms with Crippen molar-refractivity contribution < 1.29 is 19.1 Å². The van der Waals surface area contributed by atoms with E-state index in [1.165, 1.54) is 13.2 Å². The summed E-state index contributed by atoms with van der Waals surface area (Å²) < 4.78 is 11.8. The Hall–Kier alpha value is -3.84. The Morgan fingerprint density at radius 3 is 2.40 bits per heavy atom. The lowest BCUT2D eigenvalue weighted by molar-refractivity contribution is -0.118. The first kappa shape index (κ1) is 25.8. The Kier molecular flexibility index (Phi) is 8.86. The molecule has 0 radical (unpaired) electrons. The topological polar surface area (TPSA) is 100 Å². The summed E-state index contributed by atoms with van der Waals surface area (Å²) in [7, 11) is 1.48. The van der Waals surface area contributed by atoms with Gasteiger partial charge in [-0.15, -0.1) is 0 Å². The van der Waals surface area contributed by atoms with Crippen LogP contribution in [0.1, 0.15) is 16.7 Å². The first-order valence-electron chi connectivity index (χ1n) is 10.7. The van der Waals surface area contributed by atoms with Crippen molar-refractivity contribution in [3.63, 3.8) is 0 Å². The Bertz CT molecular complexity index is 1310. The Morgan fingerprint density at radius 1 is 1.00 bits per heavy atom. The van der Waals surface area contributed by atoms with Gasteiger partial charge in [-0.25, -0.2) is 0 Å². The summed E-state index contributed by atoms with van der Waals surface area (Å²) in [6, 6.07) is 20.1. The third-order valence-corrected chi connectivity index (χ3v) is 5.69. The lowest BCUT2D eigenvalue weighted by Crippen LogP contribution is -2.20. The monoisotopic (exact) mass is 581 g/mol. The van der Waals surface area contributed by atoms with Gasteiger partial charge in [-0.3, -0.25) is 9.59 Å². The largest absolute Gasteiger partial charge is 0.493 e. The van der Waals surface area contributed by atoms with Crippen LogP contribution in [-0.4, -0.2) is 25.5 Å². The van der Waals surface area contributed by atoms with Gasteiger partial charge in [0.15, 0.2) is 18.1 Å². The average molecular weight is 581 g/mol. The molecule has 0 unspecified atom stereocenters. The molecular formula is C27H24IN3O4. The van der Waals surface area contributed by atoms with Crippen molar-refractivity contribution in [3.05, 3.63) is 86.5 Å². The number of nitrogens with one attached hydrogen (secondary N) is 2. The number of amides is 2. The van der Waals surface area contributed by atoms with Gasteiger partial charge in [0.2, 0.25) is 0 Å². The third kappa shape index (κ3) is 7.32. The summed E-state index contributed by atoms with van der Waals surface area (Å²) in [4.78, 5) is 24.9. The van der Waals surface area contributed by atoms with Gasteiger partial charge >= 0.3 is 0 Å². The van der Waals surface area contributed by atoms with Gasteiger partial charge in [-0.2, -0.15) is 5.26 Å². The Labute approximate surface area is 217 Å². The van der Waals surface area contributed by atoms with Gasteiger partial charge in [-0.1, -0.05) is 29.8 Å². The van der Waals surface area contributed by atoms with E-state index in [1.54, 1.807) is 30.3 Å². The zero-order valence-corrected chi connectivity index (χ0v) is 21.7. The van der Waals surface area contributed by atoms with E-state index in [9.17, 15) is 14.9 Å². The molecule has 0 atom stereocenters. The number of nitrogens with zero attached hydrogens (tertiary/aromatic N) is 1. The summed E-state index contributed by atoms with van der Waals surface area (Å²) in [6.07, 6.45) is 1.47. The number of hydrogen-bond donors (Lipinski definition) is 2. The third-order valence-electron chi connectivity index (χ3n) is 4.89. The number of anilines is 2. The predicted octanol–water partition coefficient (Wildman–Crippen LogP) is 5.48. The van der Waals surface area contributed by atoms with E-state index < -0.39 is 5.91 Å². The second-order valence-corrected chi connectivity index (χ2v) is 8.89. The average Bonchev–Trinajstić information content (AvgIpc) is 2.82. The molecule has 7 nitrogen and oxygen atoms in total. The summed E-state index contributed by atoms with van der Waals surface area (Å²) >= 11 is 2.06. The number of hydrogen-bond acceptors (Lipinski definition) is 5. The van der Waals surface area contributed by atoms with E-state index in [-0.39, 0.29) is 18.1 Å². The van der Waals surface area contributed by atoms with Crippen LogP contribution < -0.4 is 20.1 Å². The minimum absolute atomic E-state index is 0.0605. The van der Waals surface area contributed by atoms with E-state index in [1.807, 2.05) is 50.2 Å². The van der Waals surface area contributed by atoms with Crippen molar-refractivity contribution in [1.82, 2.24) is 0 Å². The second kappa shape index (κ2) is 12.0. The molecule has 0 spiro atoms. The molecule has 0 aromatic heterocycles. The highest BCUT2D eigenvalue weighted by Crippen LogP contribution is 2.34. The maximum atomic E-state index is 12.6. The van der Waals surface area contributed by atoms with Crippen LogP contribution in [0.3, 0.4) is 0 Å². The molecule has 0 aliphatic rings. The van der Waals surface area contributed by atoms with Gasteiger partial charge < -0.3 is 20.1 Å². The Morgan fingerprint density at radius 2 is 1.74 bits per heavy atom. The van der Waals surface area contributed by atoms with Gasteiger partial charge in [0.05, 0.1) is 10.7 Å². The van der Waals surface area contributed by atoms with Crippen LogP contribution in [0, 0.1) is 28.7 Å². The van der Waals surface area contributed by atoms with E-state index >= 15 is 0 Å². The summed E-state index contributed by atoms with van der Waals surface area (Å²) in [5.41, 5.74) is 3.91. The molecule has 0 heterocycles. The lowest BCUT2D eigenvalue weighted by Gasteiger charge is -2.14. The van der Waals surface area contributed by atoms with Crippen LogP contribution in [-0.2, 0) is 9.59 Å². The zero-order valence-electron chi connectivity index (χ0n) is 19.5. The van der Waals surface area contributed by atoms with E-state index in [2.05, 4.69) is 33.2 Å². The van der Waals surface area contributed by atoms with E-state index in [0.717, 1.165) is 11.1 Å². The Balaban J connectivity index is 1.73. The van der Waals surface area contributed by atoms with Crippen LogP contribution in [0.4, 0.5) is 11.4 Å². The SMILES string of the molecule is COc1cc(/C=C(\C#N)C(=O)Nc2ccc(C)cc2)cc(I)c1OCC(=O)Nc1cccc(C)c1. The van der Waals surface area contributed by atoms with Crippen molar-refractivity contribution in [1.29, 1.82) is 5.26 Å². The molecule has 3 aromatic carbocycles. The van der Waals surface area contributed by atoms with Gasteiger partial charge in [0.1, 0.15) is 11.6 Å². The fourth-order valence-corrected chi connectivity index (χ4v) is 3.95. The molecule has 8 heteroatoms. The highest BCUT2D eigenvalue weighted by atomic mass is 127. The van der Waals surface area contributed by atoms with Gasteiger partial charge in [0.25, 0.3) is 11.8 Å². The number of halogens is 1. The van der Waals surface area contributed by atoms with Crippen LogP contribution in [0.2, 0.25) is 0 Å². The van der Waals surface area contributed by atoms with E-state index in [4.69, 9.17) is 9.47 Å². The fraction of sp³-hybridized carbons (Fsp3) is 0.148. The molecule has 0 saturated heterocycles. The van der Waals surface area contributed by atoms with Crippen molar-refractivity contribution in [2.75, 3.05) is 24.4 Å². The quantitative estimate of drug-likeness (QED) is 0.209. The smallest absolute Gasteiger partial charge is 0.266 e. The minimum Gasteiger partial charge on any atom is -0.493 e. The number of methoxy groups -OCH3 is 1. The summed E-state index contributed by atoms with van der Waals surface area (Å²) in [6.45, 7) is 3.68. The first-order chi connectivity index (χ1) is 16.8. The van der Waals surface area contributed by atoms with Crippen LogP contribution in [0.5, 0.6) is 11.5 Å². The maximum Gasteiger partial charge on any atom is 0.266 e. The molecule has 0 fully saturated rings. The highest BCUT2D eigenvalue weighted by Gasteiger charge is 2.15. The lowest BCUT2D eigenvalue weighted by atomic mass is 10.1. The standard InChI is InChI=1S/C27H24IN3O4/c1-17-7-9-21(10-8-17)31-27(33)20(15-29)12-19-13-23(28)26(24(14-19)34-3)35-16-25(32)30-22-6-4-5-18(2)11-22/h4-14H,16H2,1-3H3,(H,30,32)(H,31,33)/b20-12+. The minimum atomic E-state index is -0.515. The fourth-order valence-electron chi connectivity index (χ4n) is 3.17. The first-order valence-corrected chi connectivity index (χ1v) is 11.7. The molecule has 0 saturated carbocycles. The molecule has 0 bridgehead atoms. The number of aryl methyl sites for hydroxylation is 2. The molecule has 3 rings (SSSR count). The number of benzene rings is 3. The van der Waals surface area contributed by atoms with Crippen molar-refractivity contribution >= 4 is 51.9 Å². The molecule has 2 amide bonds. The van der Waals surface area contributed by atoms with Crippen LogP contribution >= 0.6 is 22.6 Å². The summed E-state index contributed by atoms with van der Waals surface area (Å²) in [5, 5.41) is 15.0. The molecule has 178 valence electrons. The molecule has 2 N–H and O–H groups in total. The van der Waals surface area contributed by atoms with Crippen LogP contribution in [0.25, 0.3) is 6.08 Å². The normalized spacial score (nSPS) is 10.8. The number of carbonyl (C=O) groups is 2. The number of ether oxygens (including phenoxy) is 2. The van der Waals surface area contributed by atoms with Gasteiger partial charge in [-0.05, 0) is 90.0 Å². The van der Waals surface area contributed by atoms with E-state index in [0.29, 0.717) is 32.0 Å². The molecule has 0 aliphatic carbocycles. The molecule has 3 aromatic rings. The number of nitriles is 1. The van der Waals surface area contributed by atoms with Crippen molar-refractivity contribution in [2.45, 2.75) is 13.8 Å². The van der Waals surface area contributed by atoms with Crippen molar-refractivity contribution in [3.8, 4) is 17.6 Å². The number of rotatable bonds is 8. The number of carbonyl (C=O) groups excluding carboxylic acids is 2. The molecule has 35 heavy (non-hydrogen) atoms. The van der Waals surface area contributed by atoms with Gasteiger partial charge in [0, 0.05) is 11.4 Å². The predicted molar refractivity (Wildman–Crippen MR) is 144 cm³/mol. The maximum absolute atomic E-state index is 12.6. The molecule has 0 aliphatic heterocycles. The van der Waals surface area contributed by atoms with Crippen LogP contribution in [0.15, 0.2) is 66.2 Å². The molecular weight excluding hydrogens is 557 g/mol. The zero-order chi connectivity index (χ0) is 25.4. The van der Waals surface area contributed by atoms with Crippen molar-refractivity contribution in [2.24, 2.45) is 0 Å². The second-order valence-electron chi connectivity index (χ2n) is 7.73. The summed E-state index contributed by atoms with van der Waals surface area (Å²) in [5.74, 6) is -0.0505. The highest BCUT2D eigenvalue weighted by molar-refractivity contribution is 14.1.